The summed E-state index contributed by atoms with van der Waals surface area (Å²) in [6.45, 7) is 0. The maximum Gasteiger partial charge on any atom is 0.257 e. The zero-order valence-electron chi connectivity index (χ0n) is 15.6. The number of hydrogen-bond donors (Lipinski definition) is 2. The van der Waals surface area contributed by atoms with E-state index in [1.54, 1.807) is 31.5 Å². The molecule has 0 fully saturated rings. The van der Waals surface area contributed by atoms with Crippen LogP contribution >= 0.6 is 0 Å². The van der Waals surface area contributed by atoms with Gasteiger partial charge in [0.05, 0.1) is 30.2 Å². The summed E-state index contributed by atoms with van der Waals surface area (Å²) in [6, 6.07) is 17.0. The van der Waals surface area contributed by atoms with Gasteiger partial charge in [0, 0.05) is 31.7 Å². The maximum absolute atomic E-state index is 12.6. The van der Waals surface area contributed by atoms with Crippen LogP contribution in [0.25, 0.3) is 0 Å². The number of benzene rings is 2. The van der Waals surface area contributed by atoms with Crippen LogP contribution in [-0.2, 0) is 0 Å². The number of aromatic nitrogens is 1. The van der Waals surface area contributed by atoms with Crippen LogP contribution in [0.5, 0.6) is 5.75 Å². The van der Waals surface area contributed by atoms with Gasteiger partial charge in [-0.1, -0.05) is 12.1 Å². The van der Waals surface area contributed by atoms with E-state index in [4.69, 9.17) is 4.74 Å². The summed E-state index contributed by atoms with van der Waals surface area (Å²) < 4.78 is 5.27. The highest BCUT2D eigenvalue weighted by Gasteiger charge is 2.10. The van der Waals surface area contributed by atoms with Gasteiger partial charge in [-0.15, -0.1) is 0 Å². The summed E-state index contributed by atoms with van der Waals surface area (Å²) in [6.07, 6.45) is 3.21. The van der Waals surface area contributed by atoms with Gasteiger partial charge < -0.3 is 20.3 Å². The number of para-hydroxylation sites is 2. The summed E-state index contributed by atoms with van der Waals surface area (Å²) in [5, 5.41) is 6.12. The van der Waals surface area contributed by atoms with E-state index >= 15 is 0 Å². The zero-order chi connectivity index (χ0) is 19.2. The van der Waals surface area contributed by atoms with E-state index < -0.39 is 0 Å². The minimum absolute atomic E-state index is 0.251. The number of nitrogens with one attached hydrogen (secondary N) is 2. The van der Waals surface area contributed by atoms with Crippen molar-refractivity contribution in [3.63, 3.8) is 0 Å². The molecule has 2 aromatic carbocycles. The normalized spacial score (nSPS) is 10.2. The second kappa shape index (κ2) is 8.23. The van der Waals surface area contributed by atoms with Crippen LogP contribution in [-0.4, -0.2) is 32.1 Å². The van der Waals surface area contributed by atoms with E-state index in [-0.39, 0.29) is 5.91 Å². The smallest absolute Gasteiger partial charge is 0.257 e. The minimum Gasteiger partial charge on any atom is -0.495 e. The van der Waals surface area contributed by atoms with E-state index in [1.807, 2.05) is 55.4 Å². The predicted molar refractivity (Wildman–Crippen MR) is 109 cm³/mol. The Labute approximate surface area is 158 Å². The van der Waals surface area contributed by atoms with Gasteiger partial charge in [0.25, 0.3) is 5.91 Å². The van der Waals surface area contributed by atoms with Gasteiger partial charge in [-0.05, 0) is 42.5 Å². The Hall–Kier alpha value is -3.54. The number of rotatable bonds is 6. The van der Waals surface area contributed by atoms with Crippen molar-refractivity contribution in [2.75, 3.05) is 36.7 Å². The molecule has 0 aliphatic carbocycles. The van der Waals surface area contributed by atoms with Crippen molar-refractivity contribution in [1.29, 1.82) is 0 Å². The van der Waals surface area contributed by atoms with Gasteiger partial charge in [-0.3, -0.25) is 9.78 Å². The number of pyridine rings is 1. The molecule has 0 spiro atoms. The molecule has 0 aliphatic heterocycles. The molecule has 138 valence electrons. The number of carbonyl (C=O) groups excluding carboxylic acids is 1. The molecule has 3 rings (SSSR count). The highest BCUT2D eigenvalue weighted by molar-refractivity contribution is 6.05. The fourth-order valence-electron chi connectivity index (χ4n) is 2.58. The van der Waals surface area contributed by atoms with Gasteiger partial charge in [0.2, 0.25) is 0 Å². The van der Waals surface area contributed by atoms with Gasteiger partial charge >= 0.3 is 0 Å². The molecule has 1 amide bonds. The van der Waals surface area contributed by atoms with Crippen molar-refractivity contribution >= 4 is 28.7 Å². The first-order valence-corrected chi connectivity index (χ1v) is 8.50. The molecule has 0 atom stereocenters. The maximum atomic E-state index is 12.6. The molecule has 0 radical (unpaired) electrons. The Morgan fingerprint density at radius 1 is 1.00 bits per heavy atom. The molecule has 3 aromatic rings. The van der Waals surface area contributed by atoms with E-state index in [1.165, 1.54) is 6.20 Å². The SMILES string of the molecule is COc1ccccc1NC(=O)c1cncc(Nc2ccc(N(C)C)cc2)c1. The number of anilines is 4. The Kier molecular flexibility index (Phi) is 5.56. The molecule has 2 N–H and O–H groups in total. The Morgan fingerprint density at radius 3 is 2.44 bits per heavy atom. The molecule has 0 saturated heterocycles. The predicted octanol–water partition coefficient (Wildman–Crippen LogP) is 4.15. The van der Waals surface area contributed by atoms with E-state index in [9.17, 15) is 4.79 Å². The molecule has 0 aliphatic rings. The average molecular weight is 362 g/mol. The monoisotopic (exact) mass is 362 g/mol. The molecule has 6 nitrogen and oxygen atoms in total. The summed E-state index contributed by atoms with van der Waals surface area (Å²) in [7, 11) is 5.56. The third kappa shape index (κ3) is 4.55. The molecule has 27 heavy (non-hydrogen) atoms. The molecule has 1 heterocycles. The zero-order valence-corrected chi connectivity index (χ0v) is 15.6. The van der Waals surface area contributed by atoms with E-state index in [0.717, 1.165) is 17.1 Å². The van der Waals surface area contributed by atoms with E-state index in [2.05, 4.69) is 15.6 Å². The molecule has 6 heteroatoms. The van der Waals surface area contributed by atoms with Gasteiger partial charge in [0.15, 0.2) is 0 Å². The summed E-state index contributed by atoms with van der Waals surface area (Å²) in [5.41, 5.74) is 3.84. The molecule has 0 unspecified atom stereocenters. The first kappa shape index (κ1) is 18.3. The summed E-state index contributed by atoms with van der Waals surface area (Å²) in [4.78, 5) is 18.8. The number of carbonyl (C=O) groups is 1. The molecule has 0 saturated carbocycles. The number of nitrogens with zero attached hydrogens (tertiary/aromatic N) is 2. The third-order valence-corrected chi connectivity index (χ3v) is 4.03. The second-order valence-electron chi connectivity index (χ2n) is 6.18. The molecule has 1 aromatic heterocycles. The number of amides is 1. The lowest BCUT2D eigenvalue weighted by atomic mass is 10.2. The van der Waals surface area contributed by atoms with Crippen molar-refractivity contribution in [3.05, 3.63) is 72.6 Å². The number of methoxy groups -OCH3 is 1. The van der Waals surface area contributed by atoms with Crippen LogP contribution in [0, 0.1) is 0 Å². The van der Waals surface area contributed by atoms with Crippen LogP contribution in [0.3, 0.4) is 0 Å². The van der Waals surface area contributed by atoms with Crippen LogP contribution in [0.1, 0.15) is 10.4 Å². The third-order valence-electron chi connectivity index (χ3n) is 4.03. The highest BCUT2D eigenvalue weighted by atomic mass is 16.5. The summed E-state index contributed by atoms with van der Waals surface area (Å²) >= 11 is 0. The van der Waals surface area contributed by atoms with Crippen LogP contribution in [0.15, 0.2) is 67.0 Å². The lowest BCUT2D eigenvalue weighted by molar-refractivity contribution is 0.102. The van der Waals surface area contributed by atoms with Crippen molar-refractivity contribution in [1.82, 2.24) is 4.98 Å². The average Bonchev–Trinajstić information content (AvgIpc) is 2.69. The summed E-state index contributed by atoms with van der Waals surface area (Å²) in [5.74, 6) is 0.354. The number of hydrogen-bond acceptors (Lipinski definition) is 5. The van der Waals surface area contributed by atoms with E-state index in [0.29, 0.717) is 17.0 Å². The fraction of sp³-hybridized carbons (Fsp3) is 0.143. The quantitative estimate of drug-likeness (QED) is 0.689. The van der Waals surface area contributed by atoms with Gasteiger partial charge in [-0.25, -0.2) is 0 Å². The topological polar surface area (TPSA) is 66.5 Å². The fourth-order valence-corrected chi connectivity index (χ4v) is 2.58. The van der Waals surface area contributed by atoms with Crippen LogP contribution < -0.4 is 20.3 Å². The van der Waals surface area contributed by atoms with Crippen molar-refractivity contribution in [3.8, 4) is 5.75 Å². The lowest BCUT2D eigenvalue weighted by Crippen LogP contribution is -2.13. The molecule has 0 bridgehead atoms. The van der Waals surface area contributed by atoms with Crippen molar-refractivity contribution in [2.45, 2.75) is 0 Å². The van der Waals surface area contributed by atoms with Crippen molar-refractivity contribution in [2.24, 2.45) is 0 Å². The molecular weight excluding hydrogens is 340 g/mol. The Morgan fingerprint density at radius 2 is 1.74 bits per heavy atom. The molecular formula is C21H22N4O2. The minimum atomic E-state index is -0.251. The standard InChI is InChI=1S/C21H22N4O2/c1-25(2)18-10-8-16(9-11-18)23-17-12-15(13-22-14-17)21(26)24-19-6-4-5-7-20(19)27-3/h4-14,23H,1-3H3,(H,24,26). The van der Waals surface area contributed by atoms with Crippen molar-refractivity contribution < 1.29 is 9.53 Å². The van der Waals surface area contributed by atoms with Gasteiger partial charge in [-0.2, -0.15) is 0 Å². The number of ether oxygens (including phenoxy) is 1. The first-order valence-electron chi connectivity index (χ1n) is 8.50. The first-order chi connectivity index (χ1) is 13.1. The largest absolute Gasteiger partial charge is 0.495 e. The Balaban J connectivity index is 1.73. The van der Waals surface area contributed by atoms with Crippen LogP contribution in [0.4, 0.5) is 22.7 Å². The van der Waals surface area contributed by atoms with Crippen LogP contribution in [0.2, 0.25) is 0 Å². The highest BCUT2D eigenvalue weighted by Crippen LogP contribution is 2.24. The van der Waals surface area contributed by atoms with Gasteiger partial charge in [0.1, 0.15) is 5.75 Å². The lowest BCUT2D eigenvalue weighted by Gasteiger charge is -2.14. The Bertz CT molecular complexity index is 923. The second-order valence-corrected chi connectivity index (χ2v) is 6.18.